The Kier molecular flexibility index (Phi) is 5.19. The Bertz CT molecular complexity index is 1020. The van der Waals surface area contributed by atoms with Crippen molar-refractivity contribution in [1.82, 2.24) is 15.0 Å². The minimum Gasteiger partial charge on any atom is -0.370 e. The highest BCUT2D eigenvalue weighted by molar-refractivity contribution is 5.94. The highest BCUT2D eigenvalue weighted by Gasteiger charge is 2.38. The standard InChI is InChI=1S/C21H19F3N4O2/c1-27(17-11-12-28(13-17)19(29)15-5-3-2-4-6-15)16-9-7-14(8-10-16)18-25-20(30-26-18)21(22,23)24/h2-10,17H,11-13H2,1H3/t17-/m1/s1. The van der Waals surface area contributed by atoms with Gasteiger partial charge in [-0.3, -0.25) is 4.79 Å². The van der Waals surface area contributed by atoms with Crippen LogP contribution in [0, 0.1) is 0 Å². The average molecular weight is 416 g/mol. The van der Waals surface area contributed by atoms with Gasteiger partial charge in [-0.05, 0) is 42.8 Å². The van der Waals surface area contributed by atoms with Gasteiger partial charge in [0.1, 0.15) is 0 Å². The van der Waals surface area contributed by atoms with Gasteiger partial charge in [0.05, 0.1) is 0 Å². The molecular formula is C21H19F3N4O2. The molecule has 2 heterocycles. The van der Waals surface area contributed by atoms with E-state index in [4.69, 9.17) is 0 Å². The molecule has 0 spiro atoms. The smallest absolute Gasteiger partial charge is 0.370 e. The van der Waals surface area contributed by atoms with Crippen molar-refractivity contribution < 1.29 is 22.5 Å². The molecular weight excluding hydrogens is 397 g/mol. The van der Waals surface area contributed by atoms with Crippen LogP contribution >= 0.6 is 0 Å². The number of nitrogens with zero attached hydrogens (tertiary/aromatic N) is 4. The fraction of sp³-hybridized carbons (Fsp3) is 0.286. The fourth-order valence-electron chi connectivity index (χ4n) is 3.52. The molecule has 0 radical (unpaired) electrons. The number of benzene rings is 2. The van der Waals surface area contributed by atoms with E-state index in [1.54, 1.807) is 36.4 Å². The van der Waals surface area contributed by atoms with Crippen molar-refractivity contribution in [1.29, 1.82) is 0 Å². The van der Waals surface area contributed by atoms with E-state index < -0.39 is 12.1 Å². The van der Waals surface area contributed by atoms with Crippen LogP contribution in [0.2, 0.25) is 0 Å². The first-order chi connectivity index (χ1) is 14.3. The molecule has 1 aliphatic rings. The molecule has 2 aromatic carbocycles. The van der Waals surface area contributed by atoms with E-state index in [0.29, 0.717) is 24.2 Å². The summed E-state index contributed by atoms with van der Waals surface area (Å²) in [5.41, 5.74) is 1.99. The van der Waals surface area contributed by atoms with Crippen LogP contribution in [-0.2, 0) is 6.18 Å². The van der Waals surface area contributed by atoms with Gasteiger partial charge in [-0.15, -0.1) is 0 Å². The molecule has 0 unspecified atom stereocenters. The van der Waals surface area contributed by atoms with Gasteiger partial charge in [0, 0.05) is 43.0 Å². The predicted octanol–water partition coefficient (Wildman–Crippen LogP) is 4.11. The van der Waals surface area contributed by atoms with Gasteiger partial charge in [-0.2, -0.15) is 18.2 Å². The first-order valence-electron chi connectivity index (χ1n) is 9.41. The van der Waals surface area contributed by atoms with E-state index in [9.17, 15) is 18.0 Å². The average Bonchev–Trinajstić information content (AvgIpc) is 3.43. The molecule has 0 bridgehead atoms. The number of anilines is 1. The van der Waals surface area contributed by atoms with Gasteiger partial charge < -0.3 is 14.3 Å². The van der Waals surface area contributed by atoms with E-state index in [-0.39, 0.29) is 17.8 Å². The number of halogens is 3. The van der Waals surface area contributed by atoms with Gasteiger partial charge in [0.2, 0.25) is 5.82 Å². The zero-order valence-electron chi connectivity index (χ0n) is 16.1. The molecule has 0 saturated carbocycles. The number of aromatic nitrogens is 2. The third kappa shape index (κ3) is 4.00. The van der Waals surface area contributed by atoms with Crippen molar-refractivity contribution >= 4 is 11.6 Å². The minimum atomic E-state index is -4.67. The van der Waals surface area contributed by atoms with E-state index in [2.05, 4.69) is 19.6 Å². The molecule has 4 rings (SSSR count). The maximum atomic E-state index is 12.6. The molecule has 1 amide bonds. The number of rotatable bonds is 4. The summed E-state index contributed by atoms with van der Waals surface area (Å²) in [4.78, 5) is 19.9. The Morgan fingerprint density at radius 1 is 1.13 bits per heavy atom. The number of hydrogen-bond acceptors (Lipinski definition) is 5. The van der Waals surface area contributed by atoms with Crippen LogP contribution < -0.4 is 4.90 Å². The summed E-state index contributed by atoms with van der Waals surface area (Å²) in [5, 5.41) is 3.40. The Labute approximate surface area is 170 Å². The zero-order valence-corrected chi connectivity index (χ0v) is 16.1. The zero-order chi connectivity index (χ0) is 21.3. The lowest BCUT2D eigenvalue weighted by Gasteiger charge is -2.27. The van der Waals surface area contributed by atoms with Crippen LogP contribution in [0.1, 0.15) is 22.7 Å². The van der Waals surface area contributed by atoms with Crippen molar-refractivity contribution in [2.75, 3.05) is 25.0 Å². The van der Waals surface area contributed by atoms with Crippen molar-refractivity contribution in [3.05, 3.63) is 66.1 Å². The normalized spacial score (nSPS) is 16.7. The molecule has 30 heavy (non-hydrogen) atoms. The summed E-state index contributed by atoms with van der Waals surface area (Å²) in [5.74, 6) is -1.47. The number of hydrogen-bond donors (Lipinski definition) is 0. The lowest BCUT2D eigenvalue weighted by Crippen LogP contribution is -2.36. The second-order valence-corrected chi connectivity index (χ2v) is 7.14. The number of carbonyl (C=O) groups excluding carboxylic acids is 1. The molecule has 3 aromatic rings. The maximum Gasteiger partial charge on any atom is 0.471 e. The third-order valence-corrected chi connectivity index (χ3v) is 5.22. The van der Waals surface area contributed by atoms with Crippen LogP contribution in [0.15, 0.2) is 59.1 Å². The lowest BCUT2D eigenvalue weighted by atomic mass is 10.1. The van der Waals surface area contributed by atoms with Crippen LogP contribution in [0.4, 0.5) is 18.9 Å². The molecule has 1 fully saturated rings. The first-order valence-corrected chi connectivity index (χ1v) is 9.41. The summed E-state index contributed by atoms with van der Waals surface area (Å²) in [7, 11) is 1.94. The molecule has 0 N–H and O–H groups in total. The second kappa shape index (κ2) is 7.81. The van der Waals surface area contributed by atoms with Crippen molar-refractivity contribution in [3.8, 4) is 11.4 Å². The monoisotopic (exact) mass is 416 g/mol. The number of amides is 1. The van der Waals surface area contributed by atoms with Crippen LogP contribution in [0.3, 0.4) is 0 Å². The van der Waals surface area contributed by atoms with Crippen LogP contribution in [0.5, 0.6) is 0 Å². The van der Waals surface area contributed by atoms with E-state index in [0.717, 1.165) is 12.1 Å². The van der Waals surface area contributed by atoms with E-state index in [1.165, 1.54) is 0 Å². The first kappa shape index (κ1) is 19.9. The van der Waals surface area contributed by atoms with Crippen LogP contribution in [0.25, 0.3) is 11.4 Å². The highest BCUT2D eigenvalue weighted by atomic mass is 19.4. The molecule has 9 heteroatoms. The van der Waals surface area contributed by atoms with Crippen LogP contribution in [-0.4, -0.2) is 47.1 Å². The van der Waals surface area contributed by atoms with E-state index >= 15 is 0 Å². The molecule has 1 atom stereocenters. The number of carbonyl (C=O) groups is 1. The predicted molar refractivity (Wildman–Crippen MR) is 104 cm³/mol. The van der Waals surface area contributed by atoms with Crippen molar-refractivity contribution in [2.24, 2.45) is 0 Å². The maximum absolute atomic E-state index is 12.6. The summed E-state index contributed by atoms with van der Waals surface area (Å²) < 4.78 is 42.2. The topological polar surface area (TPSA) is 62.5 Å². The van der Waals surface area contributed by atoms with E-state index in [1.807, 2.05) is 30.1 Å². The van der Waals surface area contributed by atoms with Gasteiger partial charge in [-0.1, -0.05) is 23.4 Å². The SMILES string of the molecule is CN(c1ccc(-c2noc(C(F)(F)F)n2)cc1)[C@@H]1CCN(C(=O)c2ccccc2)C1. The molecule has 1 aromatic heterocycles. The quantitative estimate of drug-likeness (QED) is 0.641. The largest absolute Gasteiger partial charge is 0.471 e. The number of alkyl halides is 3. The highest BCUT2D eigenvalue weighted by Crippen LogP contribution is 2.30. The molecule has 1 saturated heterocycles. The number of likely N-dealkylation sites (N-methyl/N-ethyl adjacent to an activating group) is 1. The molecule has 0 aliphatic carbocycles. The Morgan fingerprint density at radius 2 is 1.83 bits per heavy atom. The number of likely N-dealkylation sites (tertiary alicyclic amines) is 1. The second-order valence-electron chi connectivity index (χ2n) is 7.14. The Morgan fingerprint density at radius 3 is 2.47 bits per heavy atom. The van der Waals surface area contributed by atoms with Gasteiger partial charge >= 0.3 is 12.1 Å². The minimum absolute atomic E-state index is 0.0134. The van der Waals surface area contributed by atoms with Crippen molar-refractivity contribution in [2.45, 2.75) is 18.6 Å². The summed E-state index contributed by atoms with van der Waals surface area (Å²) in [6.45, 7) is 1.27. The Balaban J connectivity index is 1.42. The van der Waals surface area contributed by atoms with Gasteiger partial charge in [-0.25, -0.2) is 0 Å². The fourth-order valence-corrected chi connectivity index (χ4v) is 3.52. The summed E-state index contributed by atoms with van der Waals surface area (Å²) in [6.07, 6.45) is -3.84. The molecule has 6 nitrogen and oxygen atoms in total. The third-order valence-electron chi connectivity index (χ3n) is 5.22. The molecule has 156 valence electrons. The van der Waals surface area contributed by atoms with Gasteiger partial charge in [0.25, 0.3) is 5.91 Å². The Hall–Kier alpha value is -3.36. The lowest BCUT2D eigenvalue weighted by molar-refractivity contribution is -0.159. The summed E-state index contributed by atoms with van der Waals surface area (Å²) >= 11 is 0. The van der Waals surface area contributed by atoms with Gasteiger partial charge in [0.15, 0.2) is 0 Å². The molecule has 1 aliphatic heterocycles. The van der Waals surface area contributed by atoms with Crippen molar-refractivity contribution in [3.63, 3.8) is 0 Å². The summed E-state index contributed by atoms with van der Waals surface area (Å²) in [6, 6.07) is 16.2.